The number of hydrogen-bond donors (Lipinski definition) is 1. The maximum atomic E-state index is 12.4. The highest BCUT2D eigenvalue weighted by atomic mass is 19.3. The van der Waals surface area contributed by atoms with E-state index in [2.05, 4.69) is 4.74 Å². The third-order valence-corrected chi connectivity index (χ3v) is 1.75. The molecular weight excluding hydrogens is 234 g/mol. The zero-order valence-corrected chi connectivity index (χ0v) is 8.81. The normalized spacial score (nSPS) is 13.9. The van der Waals surface area contributed by atoms with Crippen molar-refractivity contribution in [2.75, 3.05) is 27.4 Å². The number of ether oxygens (including phenoxy) is 2. The summed E-state index contributed by atoms with van der Waals surface area (Å²) in [6.07, 6.45) is -4.70. The van der Waals surface area contributed by atoms with Crippen LogP contribution < -0.4 is 5.32 Å². The zero-order chi connectivity index (χ0) is 12.8. The molecule has 0 aliphatic rings. The van der Waals surface area contributed by atoms with E-state index in [9.17, 15) is 22.4 Å². The van der Waals surface area contributed by atoms with Crippen LogP contribution in [0.5, 0.6) is 0 Å². The van der Waals surface area contributed by atoms with E-state index in [1.165, 1.54) is 14.2 Å². The second-order valence-electron chi connectivity index (χ2n) is 2.95. The highest BCUT2D eigenvalue weighted by Crippen LogP contribution is 2.22. The number of hydrogen-bond acceptors (Lipinski definition) is 3. The number of halogens is 4. The topological polar surface area (TPSA) is 47.6 Å². The van der Waals surface area contributed by atoms with Crippen LogP contribution in [0.4, 0.5) is 17.6 Å². The SMILES string of the molecule is COCC(CNC(=O)C(F)(F)C(F)F)OC. The lowest BCUT2D eigenvalue weighted by Gasteiger charge is -2.18. The molecular formula is C8H13F4NO3. The first-order chi connectivity index (χ1) is 7.36. The molecule has 0 aliphatic heterocycles. The van der Waals surface area contributed by atoms with Crippen LogP contribution in [0.25, 0.3) is 0 Å². The number of rotatable bonds is 7. The molecule has 1 N–H and O–H groups in total. The molecule has 0 saturated carbocycles. The fourth-order valence-corrected chi connectivity index (χ4v) is 0.820. The third kappa shape index (κ3) is 4.31. The summed E-state index contributed by atoms with van der Waals surface area (Å²) < 4.78 is 57.8. The molecule has 1 unspecified atom stereocenters. The molecule has 0 aromatic heterocycles. The van der Waals surface area contributed by atoms with E-state index in [4.69, 9.17) is 4.74 Å². The second kappa shape index (κ2) is 6.64. The van der Waals surface area contributed by atoms with Crippen molar-refractivity contribution in [3.8, 4) is 0 Å². The Morgan fingerprint density at radius 2 is 1.94 bits per heavy atom. The average Bonchev–Trinajstić information content (AvgIpc) is 2.23. The van der Waals surface area contributed by atoms with Gasteiger partial charge in [-0.15, -0.1) is 0 Å². The Morgan fingerprint density at radius 1 is 1.38 bits per heavy atom. The molecule has 0 spiro atoms. The van der Waals surface area contributed by atoms with Gasteiger partial charge >= 0.3 is 12.3 Å². The number of carbonyl (C=O) groups is 1. The summed E-state index contributed by atoms with van der Waals surface area (Å²) in [6.45, 7) is -0.275. The maximum Gasteiger partial charge on any atom is 0.383 e. The van der Waals surface area contributed by atoms with Gasteiger partial charge in [0.1, 0.15) is 0 Å². The fraction of sp³-hybridized carbons (Fsp3) is 0.875. The molecule has 0 bridgehead atoms. The van der Waals surface area contributed by atoms with Gasteiger partial charge in [-0.05, 0) is 0 Å². The molecule has 1 atom stereocenters. The molecule has 16 heavy (non-hydrogen) atoms. The summed E-state index contributed by atoms with van der Waals surface area (Å²) in [4.78, 5) is 10.7. The van der Waals surface area contributed by atoms with E-state index >= 15 is 0 Å². The summed E-state index contributed by atoms with van der Waals surface area (Å²) in [5.74, 6) is -6.72. The van der Waals surface area contributed by atoms with Crippen molar-refractivity contribution in [2.45, 2.75) is 18.5 Å². The zero-order valence-electron chi connectivity index (χ0n) is 8.81. The van der Waals surface area contributed by atoms with Gasteiger partial charge in [0, 0.05) is 20.8 Å². The van der Waals surface area contributed by atoms with Gasteiger partial charge in [-0.1, -0.05) is 0 Å². The smallest absolute Gasteiger partial charge is 0.382 e. The van der Waals surface area contributed by atoms with E-state index in [0.29, 0.717) is 0 Å². The van der Waals surface area contributed by atoms with E-state index < -0.39 is 24.4 Å². The largest absolute Gasteiger partial charge is 0.383 e. The summed E-state index contributed by atoms with van der Waals surface area (Å²) in [5, 5.41) is 1.67. The monoisotopic (exact) mass is 247 g/mol. The minimum Gasteiger partial charge on any atom is -0.382 e. The van der Waals surface area contributed by atoms with Crippen molar-refractivity contribution in [3.63, 3.8) is 0 Å². The summed E-state index contributed by atoms with van der Waals surface area (Å²) in [5.41, 5.74) is 0. The predicted octanol–water partition coefficient (Wildman–Crippen LogP) is 0.664. The van der Waals surface area contributed by atoms with Gasteiger partial charge in [0.05, 0.1) is 12.7 Å². The highest BCUT2D eigenvalue weighted by molar-refractivity contribution is 5.83. The van der Waals surface area contributed by atoms with Gasteiger partial charge in [-0.2, -0.15) is 8.78 Å². The molecule has 0 radical (unpaired) electrons. The molecule has 4 nitrogen and oxygen atoms in total. The van der Waals surface area contributed by atoms with Crippen molar-refractivity contribution in [2.24, 2.45) is 0 Å². The minimum atomic E-state index is -4.69. The van der Waals surface area contributed by atoms with Crippen LogP contribution in [0.15, 0.2) is 0 Å². The Morgan fingerprint density at radius 3 is 2.31 bits per heavy atom. The van der Waals surface area contributed by atoms with Crippen molar-refractivity contribution >= 4 is 5.91 Å². The third-order valence-electron chi connectivity index (χ3n) is 1.75. The molecule has 0 aromatic rings. The molecule has 0 saturated heterocycles. The van der Waals surface area contributed by atoms with Crippen LogP contribution in [0.3, 0.4) is 0 Å². The maximum absolute atomic E-state index is 12.4. The lowest BCUT2D eigenvalue weighted by molar-refractivity contribution is -0.170. The Hall–Kier alpha value is -0.890. The molecule has 96 valence electrons. The molecule has 0 aromatic carbocycles. The van der Waals surface area contributed by atoms with Crippen LogP contribution in [0.1, 0.15) is 0 Å². The number of alkyl halides is 4. The Balaban J connectivity index is 4.15. The minimum absolute atomic E-state index is 0.0526. The van der Waals surface area contributed by atoms with Crippen molar-refractivity contribution in [1.29, 1.82) is 0 Å². The standard InChI is InChI=1S/C8H13F4NO3/c1-15-4-5(16-2)3-13-7(14)8(11,12)6(9)10/h5-6H,3-4H2,1-2H3,(H,13,14). The van der Waals surface area contributed by atoms with Gasteiger partial charge in [0.15, 0.2) is 0 Å². The van der Waals surface area contributed by atoms with Gasteiger partial charge in [-0.3, -0.25) is 4.79 Å². The van der Waals surface area contributed by atoms with Crippen LogP contribution in [-0.2, 0) is 14.3 Å². The van der Waals surface area contributed by atoms with Crippen molar-refractivity contribution < 1.29 is 31.8 Å². The first-order valence-electron chi connectivity index (χ1n) is 4.32. The Bertz CT molecular complexity index is 225. The quantitative estimate of drug-likeness (QED) is 0.672. The second-order valence-corrected chi connectivity index (χ2v) is 2.95. The van der Waals surface area contributed by atoms with Gasteiger partial charge in [0.25, 0.3) is 5.91 Å². The molecule has 0 aliphatic carbocycles. The predicted molar refractivity (Wildman–Crippen MR) is 46.6 cm³/mol. The summed E-state index contributed by atoms with van der Waals surface area (Å²) >= 11 is 0. The Kier molecular flexibility index (Phi) is 6.27. The van der Waals surface area contributed by atoms with Crippen LogP contribution in [0, 0.1) is 0 Å². The Labute approximate surface area is 89.9 Å². The first kappa shape index (κ1) is 15.1. The van der Waals surface area contributed by atoms with Crippen LogP contribution in [-0.4, -0.2) is 51.7 Å². The van der Waals surface area contributed by atoms with Crippen LogP contribution in [0.2, 0.25) is 0 Å². The number of methoxy groups -OCH3 is 2. The molecule has 8 heteroatoms. The van der Waals surface area contributed by atoms with Crippen LogP contribution >= 0.6 is 0 Å². The van der Waals surface area contributed by atoms with Crippen molar-refractivity contribution in [3.05, 3.63) is 0 Å². The fourth-order valence-electron chi connectivity index (χ4n) is 0.820. The van der Waals surface area contributed by atoms with E-state index in [0.717, 1.165) is 0 Å². The average molecular weight is 247 g/mol. The lowest BCUT2D eigenvalue weighted by Crippen LogP contribution is -2.48. The van der Waals surface area contributed by atoms with Gasteiger partial charge in [0.2, 0.25) is 0 Å². The molecule has 1 amide bonds. The van der Waals surface area contributed by atoms with E-state index in [1.807, 2.05) is 0 Å². The number of nitrogens with one attached hydrogen (secondary N) is 1. The highest BCUT2D eigenvalue weighted by Gasteiger charge is 2.48. The lowest BCUT2D eigenvalue weighted by atomic mass is 10.3. The van der Waals surface area contributed by atoms with Gasteiger partial charge in [-0.25, -0.2) is 8.78 Å². The van der Waals surface area contributed by atoms with Gasteiger partial charge < -0.3 is 14.8 Å². The number of carbonyl (C=O) groups excluding carboxylic acids is 1. The van der Waals surface area contributed by atoms with E-state index in [-0.39, 0.29) is 13.2 Å². The first-order valence-corrected chi connectivity index (χ1v) is 4.32. The van der Waals surface area contributed by atoms with E-state index in [1.54, 1.807) is 5.32 Å². The van der Waals surface area contributed by atoms with Crippen molar-refractivity contribution in [1.82, 2.24) is 5.32 Å². The molecule has 0 heterocycles. The molecule has 0 fully saturated rings. The molecule has 0 rings (SSSR count). The summed E-state index contributed by atoms with van der Waals surface area (Å²) in [7, 11) is 2.63. The summed E-state index contributed by atoms with van der Waals surface area (Å²) in [6, 6.07) is 0. The number of amides is 1.